The van der Waals surface area contributed by atoms with Crippen LogP contribution in [0.5, 0.6) is 0 Å². The van der Waals surface area contributed by atoms with Crippen LogP contribution in [0, 0.1) is 17.5 Å². The Kier molecular flexibility index (Phi) is 5.45. The van der Waals surface area contributed by atoms with Gasteiger partial charge in [0.2, 0.25) is 0 Å². The standard InChI is InChI=1S/C15H7ClF6N2O2/c16-7-2-1-6(15(20,21)22)5-10(7)24-14(26)13(25)23-9-4-3-8(17)11(18)12(9)19/h1-5H,(H,23,25)(H,24,26). The second-order valence-electron chi connectivity index (χ2n) is 4.82. The number of hydrogen-bond donors (Lipinski definition) is 2. The molecule has 2 N–H and O–H groups in total. The van der Waals surface area contributed by atoms with Crippen molar-refractivity contribution < 1.29 is 35.9 Å². The summed E-state index contributed by atoms with van der Waals surface area (Å²) >= 11 is 5.65. The second-order valence-corrected chi connectivity index (χ2v) is 5.23. The molecule has 138 valence electrons. The highest BCUT2D eigenvalue weighted by Gasteiger charge is 2.31. The molecule has 0 heterocycles. The van der Waals surface area contributed by atoms with E-state index in [1.165, 1.54) is 0 Å². The molecule has 4 nitrogen and oxygen atoms in total. The van der Waals surface area contributed by atoms with E-state index in [-0.39, 0.29) is 5.02 Å². The van der Waals surface area contributed by atoms with Gasteiger partial charge in [-0.25, -0.2) is 13.2 Å². The van der Waals surface area contributed by atoms with E-state index in [2.05, 4.69) is 0 Å². The molecule has 0 aliphatic rings. The van der Waals surface area contributed by atoms with Crippen LogP contribution in [0.1, 0.15) is 5.56 Å². The van der Waals surface area contributed by atoms with E-state index in [0.717, 1.165) is 6.07 Å². The maximum absolute atomic E-state index is 13.5. The molecule has 0 saturated carbocycles. The van der Waals surface area contributed by atoms with Crippen LogP contribution < -0.4 is 10.6 Å². The average molecular weight is 397 g/mol. The average Bonchev–Trinajstić information content (AvgIpc) is 2.56. The molecule has 0 spiro atoms. The molecule has 2 amide bonds. The molecule has 26 heavy (non-hydrogen) atoms. The third-order valence-electron chi connectivity index (χ3n) is 3.03. The molecule has 0 saturated heterocycles. The fourth-order valence-electron chi connectivity index (χ4n) is 1.78. The van der Waals surface area contributed by atoms with Gasteiger partial charge in [0.05, 0.1) is 22.0 Å². The van der Waals surface area contributed by atoms with E-state index < -0.39 is 52.4 Å². The van der Waals surface area contributed by atoms with Crippen LogP contribution in [0.3, 0.4) is 0 Å². The van der Waals surface area contributed by atoms with Gasteiger partial charge in [0.15, 0.2) is 17.5 Å². The van der Waals surface area contributed by atoms with E-state index in [9.17, 15) is 35.9 Å². The van der Waals surface area contributed by atoms with E-state index in [1.54, 1.807) is 5.32 Å². The van der Waals surface area contributed by atoms with Gasteiger partial charge in [0.1, 0.15) is 0 Å². The summed E-state index contributed by atoms with van der Waals surface area (Å²) in [4.78, 5) is 23.4. The Balaban J connectivity index is 2.18. The monoisotopic (exact) mass is 396 g/mol. The number of anilines is 2. The van der Waals surface area contributed by atoms with Crippen LogP contribution in [0.25, 0.3) is 0 Å². The van der Waals surface area contributed by atoms with Gasteiger partial charge >= 0.3 is 18.0 Å². The minimum atomic E-state index is -4.72. The number of carbonyl (C=O) groups is 2. The van der Waals surface area contributed by atoms with Crippen LogP contribution in [0.2, 0.25) is 5.02 Å². The Morgan fingerprint density at radius 3 is 2.00 bits per heavy atom. The number of halogens is 7. The smallest absolute Gasteiger partial charge is 0.316 e. The summed E-state index contributed by atoms with van der Waals surface area (Å²) in [6.07, 6.45) is -4.72. The summed E-state index contributed by atoms with van der Waals surface area (Å²) < 4.78 is 77.3. The Morgan fingerprint density at radius 2 is 1.42 bits per heavy atom. The Hall–Kier alpha value is -2.75. The van der Waals surface area contributed by atoms with Gasteiger partial charge in [-0.3, -0.25) is 9.59 Å². The molecule has 0 aromatic heterocycles. The van der Waals surface area contributed by atoms with Gasteiger partial charge in [0.25, 0.3) is 0 Å². The Labute approximate surface area is 146 Å². The highest BCUT2D eigenvalue weighted by molar-refractivity contribution is 6.44. The van der Waals surface area contributed by atoms with Crippen molar-refractivity contribution in [2.75, 3.05) is 10.6 Å². The highest BCUT2D eigenvalue weighted by Crippen LogP contribution is 2.33. The summed E-state index contributed by atoms with van der Waals surface area (Å²) in [7, 11) is 0. The highest BCUT2D eigenvalue weighted by atomic mass is 35.5. The minimum Gasteiger partial charge on any atom is -0.316 e. The Bertz CT molecular complexity index is 885. The molecule has 0 radical (unpaired) electrons. The minimum absolute atomic E-state index is 0.293. The molecule has 0 aliphatic heterocycles. The third-order valence-corrected chi connectivity index (χ3v) is 3.36. The maximum Gasteiger partial charge on any atom is 0.416 e. The molecule has 0 fully saturated rings. The topological polar surface area (TPSA) is 58.2 Å². The molecule has 0 unspecified atom stereocenters. The van der Waals surface area contributed by atoms with Crippen molar-refractivity contribution in [1.29, 1.82) is 0 Å². The molecular weight excluding hydrogens is 390 g/mol. The first-order valence-electron chi connectivity index (χ1n) is 6.63. The van der Waals surface area contributed by atoms with Gasteiger partial charge in [0, 0.05) is 0 Å². The number of amides is 2. The summed E-state index contributed by atoms with van der Waals surface area (Å²) in [5.41, 5.74) is -2.49. The second kappa shape index (κ2) is 7.24. The number of nitrogens with one attached hydrogen (secondary N) is 2. The van der Waals surface area contributed by atoms with Crippen molar-refractivity contribution in [2.45, 2.75) is 6.18 Å². The summed E-state index contributed by atoms with van der Waals surface area (Å²) in [6, 6.07) is 3.18. The van der Waals surface area contributed by atoms with Crippen LogP contribution >= 0.6 is 11.6 Å². The fraction of sp³-hybridized carbons (Fsp3) is 0.0667. The molecule has 0 aliphatic carbocycles. The predicted octanol–water partition coefficient (Wildman–Crippen LogP) is 4.35. The number of hydrogen-bond acceptors (Lipinski definition) is 2. The number of carbonyl (C=O) groups excluding carboxylic acids is 2. The zero-order valence-electron chi connectivity index (χ0n) is 12.3. The normalized spacial score (nSPS) is 11.2. The lowest BCUT2D eigenvalue weighted by molar-refractivity contribution is -0.137. The summed E-state index contributed by atoms with van der Waals surface area (Å²) in [6.45, 7) is 0. The van der Waals surface area contributed by atoms with Crippen molar-refractivity contribution in [3.05, 3.63) is 58.4 Å². The van der Waals surface area contributed by atoms with Gasteiger partial charge < -0.3 is 10.6 Å². The van der Waals surface area contributed by atoms with Crippen molar-refractivity contribution in [1.82, 2.24) is 0 Å². The molecule has 2 aromatic rings. The fourth-order valence-corrected chi connectivity index (χ4v) is 1.94. The zero-order chi connectivity index (χ0) is 19.6. The number of benzene rings is 2. The van der Waals surface area contributed by atoms with Crippen molar-refractivity contribution in [3.8, 4) is 0 Å². The summed E-state index contributed by atoms with van der Waals surface area (Å²) in [5.74, 6) is -8.17. The number of alkyl halides is 3. The van der Waals surface area contributed by atoms with E-state index in [4.69, 9.17) is 11.6 Å². The van der Waals surface area contributed by atoms with Crippen molar-refractivity contribution in [3.63, 3.8) is 0 Å². The van der Waals surface area contributed by atoms with Gasteiger partial charge in [-0.1, -0.05) is 11.6 Å². The van der Waals surface area contributed by atoms with Crippen LogP contribution in [0.15, 0.2) is 30.3 Å². The molecule has 2 aromatic carbocycles. The molecular formula is C15H7ClF6N2O2. The lowest BCUT2D eigenvalue weighted by Crippen LogP contribution is -2.29. The van der Waals surface area contributed by atoms with E-state index >= 15 is 0 Å². The molecule has 0 bridgehead atoms. The SMILES string of the molecule is O=C(Nc1cc(C(F)(F)F)ccc1Cl)C(=O)Nc1ccc(F)c(F)c1F. The quantitative estimate of drug-likeness (QED) is 0.450. The lowest BCUT2D eigenvalue weighted by Gasteiger charge is -2.12. The first-order chi connectivity index (χ1) is 12.0. The van der Waals surface area contributed by atoms with Gasteiger partial charge in [-0.15, -0.1) is 0 Å². The Morgan fingerprint density at radius 1 is 0.846 bits per heavy atom. The predicted molar refractivity (Wildman–Crippen MR) is 80.0 cm³/mol. The largest absolute Gasteiger partial charge is 0.416 e. The van der Waals surface area contributed by atoms with E-state index in [0.29, 0.717) is 24.3 Å². The van der Waals surface area contributed by atoms with Crippen LogP contribution in [0.4, 0.5) is 37.7 Å². The third kappa shape index (κ3) is 4.26. The van der Waals surface area contributed by atoms with Gasteiger partial charge in [-0.05, 0) is 30.3 Å². The molecule has 11 heteroatoms. The first-order valence-corrected chi connectivity index (χ1v) is 7.01. The lowest BCUT2D eigenvalue weighted by atomic mass is 10.2. The van der Waals surface area contributed by atoms with Crippen LogP contribution in [-0.2, 0) is 15.8 Å². The van der Waals surface area contributed by atoms with E-state index in [1.807, 2.05) is 5.32 Å². The first kappa shape index (κ1) is 19.6. The summed E-state index contributed by atoms with van der Waals surface area (Å²) in [5, 5.41) is 3.19. The number of rotatable bonds is 2. The molecule has 2 rings (SSSR count). The zero-order valence-corrected chi connectivity index (χ0v) is 13.1. The van der Waals surface area contributed by atoms with Crippen molar-refractivity contribution in [2.24, 2.45) is 0 Å². The maximum atomic E-state index is 13.5. The van der Waals surface area contributed by atoms with Crippen molar-refractivity contribution >= 4 is 34.8 Å². The van der Waals surface area contributed by atoms with Crippen LogP contribution in [-0.4, -0.2) is 11.8 Å². The van der Waals surface area contributed by atoms with Gasteiger partial charge in [-0.2, -0.15) is 13.2 Å². The molecule has 0 atom stereocenters.